The second-order valence-corrected chi connectivity index (χ2v) is 6.82. The van der Waals surface area contributed by atoms with Crippen LogP contribution in [0.1, 0.15) is 39.0 Å². The fourth-order valence-electron chi connectivity index (χ4n) is 3.31. The van der Waals surface area contributed by atoms with Gasteiger partial charge in [-0.05, 0) is 37.1 Å². The molecular formula is C24H24N2O5. The number of Topliss-reactive ketones (excluding diaryl/α,β-unsaturated/α-hetero) is 1. The summed E-state index contributed by atoms with van der Waals surface area (Å²) in [4.78, 5) is 41.1. The highest BCUT2D eigenvalue weighted by Gasteiger charge is 2.29. The van der Waals surface area contributed by atoms with Crippen LogP contribution in [0.15, 0.2) is 54.6 Å². The van der Waals surface area contributed by atoms with Crippen LogP contribution in [0.2, 0.25) is 0 Å². The Morgan fingerprint density at radius 1 is 1.03 bits per heavy atom. The number of hydrogen-bond acceptors (Lipinski definition) is 5. The normalized spacial score (nSPS) is 10.4. The summed E-state index contributed by atoms with van der Waals surface area (Å²) in [5, 5.41) is 2.63. The Kier molecular flexibility index (Phi) is 6.87. The molecule has 0 radical (unpaired) electrons. The van der Waals surface area contributed by atoms with Gasteiger partial charge in [0.2, 0.25) is 0 Å². The standard InChI is InChI=1S/C24H24N2O5/c1-4-31-24(29)19-15(2)26-21(20(19)17-10-6-5-7-11-17)22(27)23(28)25-14-16-9-8-12-18(13-16)30-3/h5-13,26H,4,14H2,1-3H3,(H,25,28). The van der Waals surface area contributed by atoms with Gasteiger partial charge in [0.15, 0.2) is 0 Å². The van der Waals surface area contributed by atoms with E-state index in [2.05, 4.69) is 10.3 Å². The molecule has 2 aromatic carbocycles. The fraction of sp³-hybridized carbons (Fsp3) is 0.208. The summed E-state index contributed by atoms with van der Waals surface area (Å²) in [6.07, 6.45) is 0. The second kappa shape index (κ2) is 9.75. The molecule has 0 aliphatic heterocycles. The predicted molar refractivity (Wildman–Crippen MR) is 116 cm³/mol. The van der Waals surface area contributed by atoms with Gasteiger partial charge in [0, 0.05) is 17.8 Å². The maximum absolute atomic E-state index is 13.0. The zero-order valence-electron chi connectivity index (χ0n) is 17.7. The van der Waals surface area contributed by atoms with Crippen LogP contribution < -0.4 is 10.1 Å². The molecular weight excluding hydrogens is 396 g/mol. The Hall–Kier alpha value is -3.87. The van der Waals surface area contributed by atoms with E-state index in [1.54, 1.807) is 63.4 Å². The van der Waals surface area contributed by atoms with Crippen LogP contribution in [0.4, 0.5) is 0 Å². The molecule has 0 saturated carbocycles. The van der Waals surface area contributed by atoms with E-state index < -0.39 is 17.7 Å². The number of carbonyl (C=O) groups is 3. The molecule has 0 aliphatic rings. The highest BCUT2D eigenvalue weighted by atomic mass is 16.5. The van der Waals surface area contributed by atoms with Crippen molar-refractivity contribution in [1.29, 1.82) is 0 Å². The Morgan fingerprint density at radius 3 is 2.45 bits per heavy atom. The zero-order valence-corrected chi connectivity index (χ0v) is 17.7. The number of hydrogen-bond donors (Lipinski definition) is 2. The van der Waals surface area contributed by atoms with Gasteiger partial charge in [0.25, 0.3) is 11.7 Å². The first kappa shape index (κ1) is 21.8. The van der Waals surface area contributed by atoms with Gasteiger partial charge < -0.3 is 19.8 Å². The van der Waals surface area contributed by atoms with Crippen LogP contribution in [-0.2, 0) is 16.1 Å². The summed E-state index contributed by atoms with van der Waals surface area (Å²) in [6.45, 7) is 3.73. The molecule has 31 heavy (non-hydrogen) atoms. The number of rotatable bonds is 8. The number of carbonyl (C=O) groups excluding carboxylic acids is 3. The first-order valence-electron chi connectivity index (χ1n) is 9.86. The fourth-order valence-corrected chi connectivity index (χ4v) is 3.31. The van der Waals surface area contributed by atoms with Crippen molar-refractivity contribution in [3.8, 4) is 16.9 Å². The number of aryl methyl sites for hydroxylation is 1. The third kappa shape index (κ3) is 4.83. The molecule has 0 saturated heterocycles. The number of amides is 1. The maximum atomic E-state index is 13.0. The van der Waals surface area contributed by atoms with Crippen LogP contribution in [0.25, 0.3) is 11.1 Å². The van der Waals surface area contributed by atoms with E-state index in [1.807, 2.05) is 12.1 Å². The van der Waals surface area contributed by atoms with Crippen LogP contribution >= 0.6 is 0 Å². The number of benzene rings is 2. The van der Waals surface area contributed by atoms with Crippen molar-refractivity contribution >= 4 is 17.7 Å². The van der Waals surface area contributed by atoms with Crippen LogP contribution in [0.3, 0.4) is 0 Å². The topological polar surface area (TPSA) is 97.5 Å². The number of esters is 1. The van der Waals surface area contributed by atoms with Crippen molar-refractivity contribution in [3.63, 3.8) is 0 Å². The van der Waals surface area contributed by atoms with Gasteiger partial charge in [-0.2, -0.15) is 0 Å². The first-order valence-corrected chi connectivity index (χ1v) is 9.86. The lowest BCUT2D eigenvalue weighted by Crippen LogP contribution is -2.31. The van der Waals surface area contributed by atoms with E-state index in [4.69, 9.17) is 9.47 Å². The van der Waals surface area contributed by atoms with Crippen LogP contribution in [0.5, 0.6) is 5.75 Å². The monoisotopic (exact) mass is 420 g/mol. The molecule has 0 spiro atoms. The Bertz CT molecular complexity index is 1100. The minimum absolute atomic E-state index is 0.0508. The molecule has 7 nitrogen and oxygen atoms in total. The lowest BCUT2D eigenvalue weighted by molar-refractivity contribution is -0.117. The van der Waals surface area contributed by atoms with E-state index in [0.29, 0.717) is 22.6 Å². The smallest absolute Gasteiger partial charge is 0.340 e. The number of ketones is 1. The minimum atomic E-state index is -0.781. The molecule has 0 aliphatic carbocycles. The lowest BCUT2D eigenvalue weighted by atomic mass is 9.98. The maximum Gasteiger partial charge on any atom is 0.340 e. The van der Waals surface area contributed by atoms with Crippen LogP contribution in [-0.4, -0.2) is 36.4 Å². The highest BCUT2D eigenvalue weighted by molar-refractivity contribution is 6.43. The van der Waals surface area contributed by atoms with E-state index in [-0.39, 0.29) is 24.4 Å². The van der Waals surface area contributed by atoms with Gasteiger partial charge in [-0.3, -0.25) is 9.59 Å². The molecule has 0 unspecified atom stereocenters. The van der Waals surface area contributed by atoms with Crippen molar-refractivity contribution in [2.24, 2.45) is 0 Å². The lowest BCUT2D eigenvalue weighted by Gasteiger charge is -2.09. The molecule has 2 N–H and O–H groups in total. The summed E-state index contributed by atoms with van der Waals surface area (Å²) in [6, 6.07) is 16.2. The number of H-pyrrole nitrogens is 1. The van der Waals surface area contributed by atoms with Crippen LogP contribution in [0, 0.1) is 6.92 Å². The summed E-state index contributed by atoms with van der Waals surface area (Å²) < 4.78 is 10.3. The average Bonchev–Trinajstić information content (AvgIpc) is 3.14. The molecule has 0 bridgehead atoms. The second-order valence-electron chi connectivity index (χ2n) is 6.82. The minimum Gasteiger partial charge on any atom is -0.497 e. The molecule has 3 aromatic rings. The SMILES string of the molecule is CCOC(=O)c1c(C)[nH]c(C(=O)C(=O)NCc2cccc(OC)c2)c1-c1ccccc1. The number of aromatic amines is 1. The van der Waals surface area contributed by atoms with Crippen molar-refractivity contribution in [1.82, 2.24) is 10.3 Å². The van der Waals surface area contributed by atoms with Crippen molar-refractivity contribution < 1.29 is 23.9 Å². The Labute approximate surface area is 180 Å². The average molecular weight is 420 g/mol. The number of ether oxygens (including phenoxy) is 2. The number of aromatic nitrogens is 1. The van der Waals surface area contributed by atoms with Crippen molar-refractivity contribution in [2.75, 3.05) is 13.7 Å². The predicted octanol–water partition coefficient (Wildman–Crippen LogP) is 3.67. The molecule has 0 fully saturated rings. The molecule has 0 atom stereocenters. The molecule has 160 valence electrons. The first-order chi connectivity index (χ1) is 15.0. The molecule has 1 amide bonds. The van der Waals surface area contributed by atoms with Crippen molar-refractivity contribution in [3.05, 3.63) is 77.1 Å². The summed E-state index contributed by atoms with van der Waals surface area (Å²) in [5.41, 5.74) is 2.55. The highest BCUT2D eigenvalue weighted by Crippen LogP contribution is 2.31. The third-order valence-electron chi connectivity index (χ3n) is 4.75. The van der Waals surface area contributed by atoms with Gasteiger partial charge in [-0.1, -0.05) is 42.5 Å². The quantitative estimate of drug-likeness (QED) is 0.329. The largest absolute Gasteiger partial charge is 0.497 e. The summed E-state index contributed by atoms with van der Waals surface area (Å²) in [7, 11) is 1.56. The molecule has 7 heteroatoms. The van der Waals surface area contributed by atoms with Crippen molar-refractivity contribution in [2.45, 2.75) is 20.4 Å². The Morgan fingerprint density at radius 2 is 1.77 bits per heavy atom. The molecule has 3 rings (SSSR count). The van der Waals surface area contributed by atoms with E-state index in [0.717, 1.165) is 5.56 Å². The molecule has 1 aromatic heterocycles. The summed E-state index contributed by atoms with van der Waals surface area (Å²) in [5.74, 6) is -1.44. The van der Waals surface area contributed by atoms with E-state index in [9.17, 15) is 14.4 Å². The number of nitrogens with one attached hydrogen (secondary N) is 2. The van der Waals surface area contributed by atoms with Gasteiger partial charge >= 0.3 is 5.97 Å². The Balaban J connectivity index is 1.91. The zero-order chi connectivity index (χ0) is 22.4. The van der Waals surface area contributed by atoms with Gasteiger partial charge in [0.1, 0.15) is 11.4 Å². The van der Waals surface area contributed by atoms with E-state index >= 15 is 0 Å². The van der Waals surface area contributed by atoms with Gasteiger partial charge in [-0.25, -0.2) is 4.79 Å². The van der Waals surface area contributed by atoms with Gasteiger partial charge in [0.05, 0.1) is 19.3 Å². The summed E-state index contributed by atoms with van der Waals surface area (Å²) >= 11 is 0. The number of methoxy groups -OCH3 is 1. The third-order valence-corrected chi connectivity index (χ3v) is 4.75. The molecule has 1 heterocycles. The van der Waals surface area contributed by atoms with Gasteiger partial charge in [-0.15, -0.1) is 0 Å². The van der Waals surface area contributed by atoms with E-state index in [1.165, 1.54) is 0 Å².